The second-order valence-electron chi connectivity index (χ2n) is 14.6. The summed E-state index contributed by atoms with van der Waals surface area (Å²) in [6.45, 7) is 5.42. The number of fused-ring (bicyclic) bond motifs is 10. The summed E-state index contributed by atoms with van der Waals surface area (Å²) in [7, 11) is 1.84. The fourth-order valence-corrected chi connectivity index (χ4v) is 9.82. The maximum Gasteiger partial charge on any atom is 0.251 e. The largest absolute Gasteiger partial charge is 0.508 e. The number of nitrogens with zero attached hydrogens (tertiary/aromatic N) is 5. The van der Waals surface area contributed by atoms with Crippen LogP contribution < -0.4 is 24.8 Å². The molecule has 2 aromatic carbocycles. The molecule has 0 aliphatic carbocycles. The summed E-state index contributed by atoms with van der Waals surface area (Å²) in [5, 5.41) is 16.0. The van der Waals surface area contributed by atoms with E-state index in [0.29, 0.717) is 68.7 Å². The highest BCUT2D eigenvalue weighted by Gasteiger charge is 2.52. The van der Waals surface area contributed by atoms with Gasteiger partial charge in [-0.1, -0.05) is 13.0 Å². The first kappa shape index (κ1) is 29.4. The summed E-state index contributed by atoms with van der Waals surface area (Å²) < 4.78 is 36.5. The number of carbonyl (C=O) groups is 1. The van der Waals surface area contributed by atoms with Crippen LogP contribution in [0.2, 0.25) is 0 Å². The molecule has 4 fully saturated rings. The SMILES string of the molecule is CCc1c(F)ccc2cc(O)cc(N3CCc4c(nc(OC[C@@]56CCCN5C[C@H](F)C6)c5c4N4C[C@H]6CC[C@H](N6)C4C(=O)N5C)C3)c12. The van der Waals surface area contributed by atoms with Crippen molar-refractivity contribution in [2.75, 3.05) is 54.5 Å². The summed E-state index contributed by atoms with van der Waals surface area (Å²) in [4.78, 5) is 27.7. The Kier molecular flexibility index (Phi) is 6.67. The minimum absolute atomic E-state index is 0.0464. The molecular weight excluding hydrogens is 602 g/mol. The number of carbonyl (C=O) groups excluding carboxylic acids is 1. The minimum atomic E-state index is -0.867. The number of pyridine rings is 1. The summed E-state index contributed by atoms with van der Waals surface area (Å²) >= 11 is 0. The molecule has 9 nitrogen and oxygen atoms in total. The molecule has 11 heteroatoms. The molecule has 6 aliphatic heterocycles. The molecule has 0 spiro atoms. The quantitative estimate of drug-likeness (QED) is 0.422. The molecule has 248 valence electrons. The first-order valence-electron chi connectivity index (χ1n) is 17.3. The van der Waals surface area contributed by atoms with Gasteiger partial charge >= 0.3 is 0 Å². The smallest absolute Gasteiger partial charge is 0.251 e. The standard InChI is InChI=1S/C36H42F2N6O3/c1-3-24-26(38)7-5-20-13-23(45)14-29(30(20)24)42-12-9-25-28(18-42)40-34(47-19-36-10-4-11-43(36)16-21(37)15-36)33-31(25)44-17-22-6-8-27(39-22)32(44)35(46)41(33)2/h5,7,13-14,21-22,27,32,39,45H,3-4,6,8-12,15-19H2,1-2H3/t21-,22-,27+,32?,36+/m1/s1. The lowest BCUT2D eigenvalue weighted by molar-refractivity contribution is -0.120. The predicted octanol–water partition coefficient (Wildman–Crippen LogP) is 4.45. The lowest BCUT2D eigenvalue weighted by Crippen LogP contribution is -2.66. The van der Waals surface area contributed by atoms with Gasteiger partial charge in [-0.15, -0.1) is 0 Å². The Labute approximate surface area is 273 Å². The van der Waals surface area contributed by atoms with Crippen LogP contribution >= 0.6 is 0 Å². The number of hydrogen-bond acceptors (Lipinski definition) is 8. The number of likely N-dealkylation sites (N-methyl/N-ethyl adjacent to an activating group) is 1. The molecular formula is C36H42F2N6O3. The molecule has 1 amide bonds. The van der Waals surface area contributed by atoms with Gasteiger partial charge in [-0.25, -0.2) is 13.8 Å². The van der Waals surface area contributed by atoms with Crippen LogP contribution in [0, 0.1) is 5.82 Å². The van der Waals surface area contributed by atoms with Crippen molar-refractivity contribution in [2.45, 2.75) is 88.3 Å². The van der Waals surface area contributed by atoms with Gasteiger partial charge in [0.2, 0.25) is 5.88 Å². The van der Waals surface area contributed by atoms with Gasteiger partial charge in [0.05, 0.1) is 23.5 Å². The number of phenols is 1. The molecule has 4 saturated heterocycles. The third-order valence-corrected chi connectivity index (χ3v) is 12.0. The number of nitrogens with one attached hydrogen (secondary N) is 1. The van der Waals surface area contributed by atoms with Crippen LogP contribution in [0.4, 0.5) is 25.8 Å². The second-order valence-corrected chi connectivity index (χ2v) is 14.6. The Hall–Kier alpha value is -3.70. The molecule has 47 heavy (non-hydrogen) atoms. The number of aromatic hydroxyl groups is 1. The first-order valence-corrected chi connectivity index (χ1v) is 17.3. The molecule has 3 aromatic rings. The zero-order valence-electron chi connectivity index (χ0n) is 27.1. The number of benzene rings is 2. The Bertz CT molecular complexity index is 1800. The molecule has 0 saturated carbocycles. The lowest BCUT2D eigenvalue weighted by Gasteiger charge is -2.49. The van der Waals surface area contributed by atoms with Gasteiger partial charge < -0.3 is 29.9 Å². The van der Waals surface area contributed by atoms with E-state index in [9.17, 15) is 14.3 Å². The number of aromatic nitrogens is 1. The summed E-state index contributed by atoms with van der Waals surface area (Å²) in [6.07, 6.45) is 4.69. The molecule has 7 heterocycles. The van der Waals surface area contributed by atoms with E-state index in [1.165, 1.54) is 6.07 Å². The third-order valence-electron chi connectivity index (χ3n) is 12.0. The van der Waals surface area contributed by atoms with Crippen LogP contribution in [0.1, 0.15) is 55.8 Å². The van der Waals surface area contributed by atoms with Crippen LogP contribution in [0.5, 0.6) is 11.6 Å². The van der Waals surface area contributed by atoms with Crippen molar-refractivity contribution < 1.29 is 23.4 Å². The van der Waals surface area contributed by atoms with E-state index < -0.39 is 6.17 Å². The van der Waals surface area contributed by atoms with E-state index >= 15 is 4.39 Å². The molecule has 2 N–H and O–H groups in total. The van der Waals surface area contributed by atoms with Gasteiger partial charge in [-0.2, -0.15) is 0 Å². The summed E-state index contributed by atoms with van der Waals surface area (Å²) in [5.74, 6) is 0.356. The Morgan fingerprint density at radius 1 is 1.17 bits per heavy atom. The number of alkyl halides is 1. The third kappa shape index (κ3) is 4.38. The second kappa shape index (κ2) is 10.7. The summed E-state index contributed by atoms with van der Waals surface area (Å²) in [5.41, 5.74) is 4.79. The van der Waals surface area contributed by atoms with Crippen molar-refractivity contribution >= 4 is 33.7 Å². The van der Waals surface area contributed by atoms with Crippen LogP contribution in [0.15, 0.2) is 24.3 Å². The topological polar surface area (TPSA) is 84.4 Å². The number of phenolic OH excluding ortho intramolecular Hbond substituents is 1. The number of aryl methyl sites for hydroxylation is 1. The molecule has 5 atom stereocenters. The van der Waals surface area contributed by atoms with Crippen molar-refractivity contribution in [1.29, 1.82) is 0 Å². The summed E-state index contributed by atoms with van der Waals surface area (Å²) in [6, 6.07) is 6.76. The molecule has 0 radical (unpaired) electrons. The van der Waals surface area contributed by atoms with Crippen molar-refractivity contribution in [2.24, 2.45) is 0 Å². The van der Waals surface area contributed by atoms with Gasteiger partial charge in [0, 0.05) is 67.9 Å². The molecule has 1 unspecified atom stereocenters. The maximum absolute atomic E-state index is 15.1. The molecule has 2 bridgehead atoms. The van der Waals surface area contributed by atoms with E-state index in [2.05, 4.69) is 20.0 Å². The van der Waals surface area contributed by atoms with Crippen molar-refractivity contribution in [1.82, 2.24) is 15.2 Å². The highest BCUT2D eigenvalue weighted by atomic mass is 19.1. The van der Waals surface area contributed by atoms with Crippen LogP contribution in [0.25, 0.3) is 10.8 Å². The fourth-order valence-electron chi connectivity index (χ4n) is 9.82. The average Bonchev–Trinajstić information content (AvgIpc) is 3.72. The van der Waals surface area contributed by atoms with E-state index in [1.54, 1.807) is 23.1 Å². The number of ether oxygens (including phenoxy) is 1. The highest BCUT2D eigenvalue weighted by Crippen LogP contribution is 2.50. The first-order chi connectivity index (χ1) is 22.7. The number of anilines is 3. The Morgan fingerprint density at radius 3 is 2.89 bits per heavy atom. The van der Waals surface area contributed by atoms with Crippen molar-refractivity contribution in [3.05, 3.63) is 46.9 Å². The monoisotopic (exact) mass is 644 g/mol. The highest BCUT2D eigenvalue weighted by molar-refractivity contribution is 6.08. The van der Waals surface area contributed by atoms with Crippen molar-refractivity contribution in [3.63, 3.8) is 0 Å². The number of halogens is 2. The lowest BCUT2D eigenvalue weighted by atomic mass is 9.92. The fraction of sp³-hybridized carbons (Fsp3) is 0.556. The number of amides is 1. The average molecular weight is 645 g/mol. The number of hydrogen-bond donors (Lipinski definition) is 2. The normalized spacial score (nSPS) is 29.7. The van der Waals surface area contributed by atoms with Gasteiger partial charge in [-0.3, -0.25) is 9.69 Å². The maximum atomic E-state index is 15.1. The van der Waals surface area contributed by atoms with Gasteiger partial charge in [0.1, 0.15) is 36.1 Å². The van der Waals surface area contributed by atoms with Gasteiger partial charge in [0.15, 0.2) is 0 Å². The molecule has 9 rings (SSSR count). The number of piperazine rings is 1. The number of rotatable bonds is 5. The Morgan fingerprint density at radius 2 is 2.04 bits per heavy atom. The molecule has 6 aliphatic rings. The molecule has 1 aromatic heterocycles. The van der Waals surface area contributed by atoms with Gasteiger partial charge in [-0.05, 0) is 68.2 Å². The van der Waals surface area contributed by atoms with E-state index in [-0.39, 0.29) is 35.1 Å². The van der Waals surface area contributed by atoms with E-state index in [0.717, 1.165) is 72.2 Å². The Balaban J connectivity index is 1.17. The van der Waals surface area contributed by atoms with Crippen LogP contribution in [-0.2, 0) is 24.2 Å². The van der Waals surface area contributed by atoms with Crippen LogP contribution in [0.3, 0.4) is 0 Å². The van der Waals surface area contributed by atoms with Gasteiger partial charge in [0.25, 0.3) is 5.91 Å². The zero-order chi connectivity index (χ0) is 32.2. The van der Waals surface area contributed by atoms with Crippen LogP contribution in [-0.4, -0.2) is 90.6 Å². The van der Waals surface area contributed by atoms with Crippen molar-refractivity contribution in [3.8, 4) is 11.6 Å². The van der Waals surface area contributed by atoms with E-state index in [1.807, 2.05) is 14.0 Å². The van der Waals surface area contributed by atoms with E-state index in [4.69, 9.17) is 9.72 Å². The minimum Gasteiger partial charge on any atom is -0.508 e. The zero-order valence-corrected chi connectivity index (χ0v) is 27.1. The predicted molar refractivity (Wildman–Crippen MR) is 177 cm³/mol.